The minimum absolute atomic E-state index is 0.0488. The van der Waals surface area contributed by atoms with Gasteiger partial charge in [0.15, 0.2) is 5.69 Å². The molecule has 190 valence electrons. The van der Waals surface area contributed by atoms with Gasteiger partial charge in [-0.2, -0.15) is 5.10 Å². The Kier molecular flexibility index (Phi) is 8.57. The predicted octanol–water partition coefficient (Wildman–Crippen LogP) is 6.20. The third-order valence-corrected chi connectivity index (χ3v) is 7.08. The van der Waals surface area contributed by atoms with Crippen LogP contribution in [0.5, 0.6) is 0 Å². The lowest BCUT2D eigenvalue weighted by molar-refractivity contribution is -0.142. The first-order chi connectivity index (χ1) is 17.2. The summed E-state index contributed by atoms with van der Waals surface area (Å²) in [4.78, 5) is 24.1. The van der Waals surface area contributed by atoms with E-state index in [-0.39, 0.29) is 24.5 Å². The summed E-state index contributed by atoms with van der Waals surface area (Å²) in [7, 11) is 0. The van der Waals surface area contributed by atoms with Gasteiger partial charge in [0, 0.05) is 27.2 Å². The molecule has 4 rings (SSSR count). The molecule has 1 saturated carbocycles. The Morgan fingerprint density at radius 1 is 1.11 bits per heavy atom. The van der Waals surface area contributed by atoms with E-state index in [9.17, 15) is 9.59 Å². The molecule has 2 atom stereocenters. The second-order valence-corrected chi connectivity index (χ2v) is 10.2. The molecule has 1 aliphatic rings. The number of nitrogens with zero attached hydrogens (tertiary/aromatic N) is 2. The zero-order valence-electron chi connectivity index (χ0n) is 19.6. The number of carbonyl (C=O) groups excluding carboxylic acids is 1. The Morgan fingerprint density at radius 3 is 2.53 bits per heavy atom. The second-order valence-electron chi connectivity index (χ2n) is 8.95. The SMILES string of the molecule is Cc1c(C(=O)NC2CCCC(COCC(=O)O)C2)nn(-c2ccc(Cl)cc2Cl)c1-c1ccc(Cl)cc1. The van der Waals surface area contributed by atoms with Crippen molar-refractivity contribution >= 4 is 46.7 Å². The van der Waals surface area contributed by atoms with Crippen molar-refractivity contribution in [3.8, 4) is 16.9 Å². The van der Waals surface area contributed by atoms with Crippen LogP contribution in [0, 0.1) is 12.8 Å². The standard InChI is InChI=1S/C26H26Cl3N3O4/c1-15-24(26(35)30-20-4-2-3-16(11-20)13-36-14-23(33)34)31-32(22-10-9-19(28)12-21(22)29)25(15)17-5-7-18(27)8-6-17/h5-10,12,16,20H,2-4,11,13-14H2,1H3,(H,30,35)(H,33,34). The van der Waals surface area contributed by atoms with Gasteiger partial charge in [0.1, 0.15) is 6.61 Å². The largest absolute Gasteiger partial charge is 0.480 e. The fraction of sp³-hybridized carbons (Fsp3) is 0.346. The van der Waals surface area contributed by atoms with E-state index in [1.54, 1.807) is 35.0 Å². The van der Waals surface area contributed by atoms with Crippen LogP contribution in [0.4, 0.5) is 0 Å². The van der Waals surface area contributed by atoms with Crippen LogP contribution in [0.1, 0.15) is 41.7 Å². The highest BCUT2D eigenvalue weighted by Crippen LogP contribution is 2.33. The van der Waals surface area contributed by atoms with Crippen molar-refractivity contribution in [1.29, 1.82) is 0 Å². The molecule has 7 nitrogen and oxygen atoms in total. The summed E-state index contributed by atoms with van der Waals surface area (Å²) in [6.45, 7) is 1.91. The fourth-order valence-electron chi connectivity index (χ4n) is 4.63. The lowest BCUT2D eigenvalue weighted by Gasteiger charge is -2.29. The molecular weight excluding hydrogens is 525 g/mol. The smallest absolute Gasteiger partial charge is 0.329 e. The van der Waals surface area contributed by atoms with E-state index in [0.717, 1.165) is 36.9 Å². The number of rotatable bonds is 8. The summed E-state index contributed by atoms with van der Waals surface area (Å²) in [6.07, 6.45) is 3.43. The Labute approximate surface area is 224 Å². The summed E-state index contributed by atoms with van der Waals surface area (Å²) in [6, 6.07) is 12.4. The Bertz CT molecular complexity index is 1260. The molecule has 0 bridgehead atoms. The van der Waals surface area contributed by atoms with E-state index in [0.29, 0.717) is 38.6 Å². The zero-order chi connectivity index (χ0) is 25.8. The number of carboxylic acid groups (broad SMARTS) is 1. The zero-order valence-corrected chi connectivity index (χ0v) is 21.9. The minimum Gasteiger partial charge on any atom is -0.480 e. The van der Waals surface area contributed by atoms with E-state index in [4.69, 9.17) is 44.6 Å². The van der Waals surface area contributed by atoms with Crippen LogP contribution in [0.3, 0.4) is 0 Å². The minimum atomic E-state index is -0.987. The molecule has 0 spiro atoms. The van der Waals surface area contributed by atoms with Gasteiger partial charge in [0.25, 0.3) is 5.91 Å². The molecule has 1 heterocycles. The third-order valence-electron chi connectivity index (χ3n) is 6.29. The molecule has 1 amide bonds. The van der Waals surface area contributed by atoms with Crippen LogP contribution >= 0.6 is 34.8 Å². The molecule has 2 unspecified atom stereocenters. The quantitative estimate of drug-likeness (QED) is 0.348. The maximum Gasteiger partial charge on any atom is 0.329 e. The number of amides is 1. The molecule has 3 aromatic rings. The number of carboxylic acids is 1. The lowest BCUT2D eigenvalue weighted by atomic mass is 9.86. The van der Waals surface area contributed by atoms with Crippen LogP contribution < -0.4 is 5.32 Å². The van der Waals surface area contributed by atoms with Crippen molar-refractivity contribution < 1.29 is 19.4 Å². The van der Waals surface area contributed by atoms with E-state index in [1.165, 1.54) is 0 Å². The number of hydrogen-bond acceptors (Lipinski definition) is 4. The fourth-order valence-corrected chi connectivity index (χ4v) is 5.24. The number of nitrogens with one attached hydrogen (secondary N) is 1. The molecule has 0 radical (unpaired) electrons. The first-order valence-corrected chi connectivity index (χ1v) is 12.8. The van der Waals surface area contributed by atoms with Gasteiger partial charge in [0.05, 0.1) is 23.0 Å². The van der Waals surface area contributed by atoms with E-state index >= 15 is 0 Å². The molecule has 2 aromatic carbocycles. The average molecular weight is 551 g/mol. The van der Waals surface area contributed by atoms with Crippen molar-refractivity contribution in [3.63, 3.8) is 0 Å². The second kappa shape index (κ2) is 11.6. The van der Waals surface area contributed by atoms with Crippen molar-refractivity contribution in [2.45, 2.75) is 38.6 Å². The van der Waals surface area contributed by atoms with Gasteiger partial charge in [-0.3, -0.25) is 4.79 Å². The van der Waals surface area contributed by atoms with Gasteiger partial charge in [-0.25, -0.2) is 9.48 Å². The molecule has 0 saturated heterocycles. The summed E-state index contributed by atoms with van der Waals surface area (Å²) < 4.78 is 6.94. The molecule has 1 aromatic heterocycles. The lowest BCUT2D eigenvalue weighted by Crippen LogP contribution is -2.39. The number of carbonyl (C=O) groups is 2. The van der Waals surface area contributed by atoms with Crippen molar-refractivity contribution in [2.24, 2.45) is 5.92 Å². The van der Waals surface area contributed by atoms with Gasteiger partial charge < -0.3 is 15.2 Å². The average Bonchev–Trinajstić information content (AvgIpc) is 3.16. The maximum absolute atomic E-state index is 13.4. The molecular formula is C26H26Cl3N3O4. The van der Waals surface area contributed by atoms with Crippen LogP contribution in [0.2, 0.25) is 15.1 Å². The molecule has 2 N–H and O–H groups in total. The number of aliphatic carboxylic acids is 1. The highest BCUT2D eigenvalue weighted by atomic mass is 35.5. The third kappa shape index (κ3) is 6.21. The van der Waals surface area contributed by atoms with E-state index < -0.39 is 5.97 Å². The van der Waals surface area contributed by atoms with Crippen LogP contribution in [0.15, 0.2) is 42.5 Å². The topological polar surface area (TPSA) is 93.4 Å². The Hall–Kier alpha value is -2.58. The van der Waals surface area contributed by atoms with E-state index in [2.05, 4.69) is 10.4 Å². The van der Waals surface area contributed by atoms with Gasteiger partial charge in [-0.05, 0) is 62.4 Å². The number of aromatic nitrogens is 2. The number of halogens is 3. The van der Waals surface area contributed by atoms with Crippen LogP contribution in [-0.4, -0.2) is 46.0 Å². The number of ether oxygens (including phenoxy) is 1. The highest BCUT2D eigenvalue weighted by Gasteiger charge is 2.28. The molecule has 36 heavy (non-hydrogen) atoms. The first-order valence-electron chi connectivity index (χ1n) is 11.6. The van der Waals surface area contributed by atoms with Crippen molar-refractivity contribution in [2.75, 3.05) is 13.2 Å². The first kappa shape index (κ1) is 26.5. The van der Waals surface area contributed by atoms with Crippen LogP contribution in [0.25, 0.3) is 16.9 Å². The van der Waals surface area contributed by atoms with Gasteiger partial charge in [-0.15, -0.1) is 0 Å². The summed E-state index contributed by atoms with van der Waals surface area (Å²) in [5.41, 5.74) is 3.17. The predicted molar refractivity (Wildman–Crippen MR) is 140 cm³/mol. The highest BCUT2D eigenvalue weighted by molar-refractivity contribution is 6.35. The van der Waals surface area contributed by atoms with Gasteiger partial charge in [-0.1, -0.05) is 53.4 Å². The van der Waals surface area contributed by atoms with Crippen molar-refractivity contribution in [1.82, 2.24) is 15.1 Å². The van der Waals surface area contributed by atoms with Gasteiger partial charge >= 0.3 is 5.97 Å². The Balaban J connectivity index is 1.61. The van der Waals surface area contributed by atoms with E-state index in [1.807, 2.05) is 19.1 Å². The molecule has 0 aliphatic heterocycles. The van der Waals surface area contributed by atoms with Gasteiger partial charge in [0.2, 0.25) is 0 Å². The molecule has 10 heteroatoms. The summed E-state index contributed by atoms with van der Waals surface area (Å²) in [5, 5.41) is 18.1. The summed E-state index contributed by atoms with van der Waals surface area (Å²) in [5.74, 6) is -1.07. The van der Waals surface area contributed by atoms with Crippen LogP contribution in [-0.2, 0) is 9.53 Å². The number of benzene rings is 2. The molecule has 1 fully saturated rings. The maximum atomic E-state index is 13.4. The Morgan fingerprint density at radius 2 is 1.83 bits per heavy atom. The normalized spacial score (nSPS) is 17.7. The summed E-state index contributed by atoms with van der Waals surface area (Å²) >= 11 is 18.7. The van der Waals surface area contributed by atoms with Crippen molar-refractivity contribution in [3.05, 3.63) is 68.8 Å². The number of hydrogen-bond donors (Lipinski definition) is 2. The molecule has 1 aliphatic carbocycles. The monoisotopic (exact) mass is 549 g/mol.